The molecule has 0 aromatic carbocycles. The zero-order chi connectivity index (χ0) is 13.2. The van der Waals surface area contributed by atoms with Gasteiger partial charge in [-0.05, 0) is 20.8 Å². The minimum atomic E-state index is -0.111. The highest BCUT2D eigenvalue weighted by atomic mass is 16.2. The van der Waals surface area contributed by atoms with Crippen LogP contribution in [-0.2, 0) is 7.05 Å². The Morgan fingerprint density at radius 1 is 1.65 bits per heavy atom. The summed E-state index contributed by atoms with van der Waals surface area (Å²) in [6, 6.07) is 0.0927. The van der Waals surface area contributed by atoms with Crippen molar-refractivity contribution in [2.24, 2.45) is 7.05 Å². The van der Waals surface area contributed by atoms with Crippen LogP contribution in [0.5, 0.6) is 0 Å². The molecule has 94 valence electrons. The van der Waals surface area contributed by atoms with Crippen molar-refractivity contribution in [1.82, 2.24) is 14.7 Å². The van der Waals surface area contributed by atoms with E-state index in [1.807, 2.05) is 13.8 Å². The predicted octanol–water partition coefficient (Wildman–Crippen LogP) is 1.35. The Labute approximate surface area is 102 Å². The molecule has 0 aliphatic rings. The Kier molecular flexibility index (Phi) is 3.93. The maximum atomic E-state index is 12.4. The van der Waals surface area contributed by atoms with Gasteiger partial charge in [0.1, 0.15) is 5.69 Å². The molecule has 0 aliphatic carbocycles. The maximum Gasteiger partial charge on any atom is 0.274 e. The van der Waals surface area contributed by atoms with Gasteiger partial charge >= 0.3 is 0 Å². The first-order valence-electron chi connectivity index (χ1n) is 5.61. The van der Waals surface area contributed by atoms with Crippen molar-refractivity contribution in [3.8, 4) is 0 Å². The van der Waals surface area contributed by atoms with E-state index in [-0.39, 0.29) is 11.9 Å². The summed E-state index contributed by atoms with van der Waals surface area (Å²) in [7, 11) is 1.73. The molecule has 5 nitrogen and oxygen atoms in total. The molecule has 0 spiro atoms. The molecule has 1 amide bonds. The van der Waals surface area contributed by atoms with Gasteiger partial charge in [-0.25, -0.2) is 0 Å². The second kappa shape index (κ2) is 5.03. The number of hydrogen-bond donors (Lipinski definition) is 1. The summed E-state index contributed by atoms with van der Waals surface area (Å²) in [5, 5.41) is 4.15. The fourth-order valence-corrected chi connectivity index (χ4v) is 1.73. The molecule has 0 saturated heterocycles. The first-order chi connectivity index (χ1) is 7.90. The topological polar surface area (TPSA) is 64.2 Å². The number of rotatable bonds is 4. The minimum Gasteiger partial charge on any atom is -0.395 e. The van der Waals surface area contributed by atoms with Crippen LogP contribution in [0, 0.1) is 6.92 Å². The van der Waals surface area contributed by atoms with Crippen molar-refractivity contribution in [1.29, 1.82) is 0 Å². The number of amides is 1. The van der Waals surface area contributed by atoms with E-state index >= 15 is 0 Å². The third-order valence-corrected chi connectivity index (χ3v) is 2.68. The Morgan fingerprint density at radius 2 is 2.24 bits per heavy atom. The van der Waals surface area contributed by atoms with Crippen LogP contribution in [-0.4, -0.2) is 33.2 Å². The highest BCUT2D eigenvalue weighted by Gasteiger charge is 2.24. The molecule has 0 aliphatic heterocycles. The molecule has 0 saturated carbocycles. The zero-order valence-electron chi connectivity index (χ0n) is 10.9. The van der Waals surface area contributed by atoms with Gasteiger partial charge in [0, 0.05) is 19.6 Å². The second-order valence-electron chi connectivity index (χ2n) is 4.31. The lowest BCUT2D eigenvalue weighted by Crippen LogP contribution is -2.38. The summed E-state index contributed by atoms with van der Waals surface area (Å²) >= 11 is 0. The van der Waals surface area contributed by atoms with Crippen molar-refractivity contribution in [3.05, 3.63) is 24.0 Å². The average Bonchev–Trinajstić information content (AvgIpc) is 2.48. The lowest BCUT2D eigenvalue weighted by molar-refractivity contribution is 0.0718. The van der Waals surface area contributed by atoms with E-state index in [1.165, 1.54) is 4.68 Å². The van der Waals surface area contributed by atoms with E-state index in [0.29, 0.717) is 23.6 Å². The molecule has 1 aromatic heterocycles. The van der Waals surface area contributed by atoms with Crippen LogP contribution < -0.4 is 5.73 Å². The Hall–Kier alpha value is -1.78. The number of aryl methyl sites for hydroxylation is 2. The van der Waals surface area contributed by atoms with Crippen LogP contribution in [0.3, 0.4) is 0 Å². The number of carbonyl (C=O) groups is 1. The summed E-state index contributed by atoms with van der Waals surface area (Å²) in [5.41, 5.74) is 7.45. The smallest absolute Gasteiger partial charge is 0.274 e. The van der Waals surface area contributed by atoms with E-state index in [0.717, 1.165) is 0 Å². The number of nitrogens with zero attached hydrogens (tertiary/aromatic N) is 3. The lowest BCUT2D eigenvalue weighted by Gasteiger charge is -2.25. The molecule has 1 aromatic rings. The monoisotopic (exact) mass is 236 g/mol. The number of aromatic nitrogens is 2. The highest BCUT2D eigenvalue weighted by Crippen LogP contribution is 2.18. The molecule has 1 heterocycles. The SMILES string of the molecule is C=CCN(C(=O)c1c(N)c(C)nn1C)C(C)C. The van der Waals surface area contributed by atoms with Crippen LogP contribution >= 0.6 is 0 Å². The van der Waals surface area contributed by atoms with Gasteiger partial charge in [-0.15, -0.1) is 6.58 Å². The van der Waals surface area contributed by atoms with Crippen LogP contribution in [0.15, 0.2) is 12.7 Å². The van der Waals surface area contributed by atoms with Crippen molar-refractivity contribution in [2.75, 3.05) is 12.3 Å². The summed E-state index contributed by atoms with van der Waals surface area (Å²) in [5.74, 6) is -0.111. The molecule has 0 unspecified atom stereocenters. The summed E-state index contributed by atoms with van der Waals surface area (Å²) < 4.78 is 1.53. The van der Waals surface area contributed by atoms with Gasteiger partial charge in [-0.3, -0.25) is 9.48 Å². The Morgan fingerprint density at radius 3 is 2.59 bits per heavy atom. The van der Waals surface area contributed by atoms with Crippen molar-refractivity contribution < 1.29 is 4.79 Å². The van der Waals surface area contributed by atoms with Crippen molar-refractivity contribution in [3.63, 3.8) is 0 Å². The van der Waals surface area contributed by atoms with E-state index < -0.39 is 0 Å². The van der Waals surface area contributed by atoms with Gasteiger partial charge < -0.3 is 10.6 Å². The fraction of sp³-hybridized carbons (Fsp3) is 0.500. The first kappa shape index (κ1) is 13.3. The number of hydrogen-bond acceptors (Lipinski definition) is 3. The lowest BCUT2D eigenvalue weighted by atomic mass is 10.2. The van der Waals surface area contributed by atoms with Crippen molar-refractivity contribution >= 4 is 11.6 Å². The summed E-state index contributed by atoms with van der Waals surface area (Å²) in [6.07, 6.45) is 1.71. The highest BCUT2D eigenvalue weighted by molar-refractivity contribution is 5.98. The van der Waals surface area contributed by atoms with E-state index in [1.54, 1.807) is 24.9 Å². The minimum absolute atomic E-state index is 0.0927. The van der Waals surface area contributed by atoms with Gasteiger partial charge in [-0.1, -0.05) is 6.08 Å². The molecule has 5 heteroatoms. The molecular weight excluding hydrogens is 216 g/mol. The number of anilines is 1. The van der Waals surface area contributed by atoms with Gasteiger partial charge in [0.15, 0.2) is 0 Å². The van der Waals surface area contributed by atoms with Crippen LogP contribution in [0.4, 0.5) is 5.69 Å². The second-order valence-corrected chi connectivity index (χ2v) is 4.31. The molecule has 0 atom stereocenters. The fourth-order valence-electron chi connectivity index (χ4n) is 1.73. The Balaban J connectivity index is 3.13. The Bertz CT molecular complexity index is 434. The standard InChI is InChI=1S/C12H20N4O/c1-6-7-16(8(2)3)12(17)11-10(13)9(4)14-15(11)5/h6,8H,1,7,13H2,2-5H3. The predicted molar refractivity (Wildman–Crippen MR) is 68.7 cm³/mol. The van der Waals surface area contributed by atoms with Gasteiger partial charge in [0.05, 0.1) is 11.4 Å². The molecule has 0 fully saturated rings. The van der Waals surface area contributed by atoms with E-state index in [4.69, 9.17) is 5.73 Å². The average molecular weight is 236 g/mol. The van der Waals surface area contributed by atoms with Gasteiger partial charge in [0.2, 0.25) is 0 Å². The third kappa shape index (κ3) is 2.49. The maximum absolute atomic E-state index is 12.4. The molecule has 17 heavy (non-hydrogen) atoms. The van der Waals surface area contributed by atoms with Gasteiger partial charge in [0.25, 0.3) is 5.91 Å². The van der Waals surface area contributed by atoms with Gasteiger partial charge in [-0.2, -0.15) is 5.10 Å². The molecule has 0 radical (unpaired) electrons. The molecule has 2 N–H and O–H groups in total. The van der Waals surface area contributed by atoms with E-state index in [2.05, 4.69) is 11.7 Å². The molecular formula is C12H20N4O. The van der Waals surface area contributed by atoms with Crippen LogP contribution in [0.2, 0.25) is 0 Å². The molecule has 0 bridgehead atoms. The third-order valence-electron chi connectivity index (χ3n) is 2.68. The normalized spacial score (nSPS) is 10.6. The van der Waals surface area contributed by atoms with Crippen LogP contribution in [0.1, 0.15) is 30.0 Å². The summed E-state index contributed by atoms with van der Waals surface area (Å²) in [6.45, 7) is 9.87. The quantitative estimate of drug-likeness (QED) is 0.802. The summed E-state index contributed by atoms with van der Waals surface area (Å²) in [4.78, 5) is 14.1. The number of nitrogens with two attached hydrogens (primary N) is 1. The zero-order valence-corrected chi connectivity index (χ0v) is 10.9. The first-order valence-corrected chi connectivity index (χ1v) is 5.61. The largest absolute Gasteiger partial charge is 0.395 e. The van der Waals surface area contributed by atoms with Crippen LogP contribution in [0.25, 0.3) is 0 Å². The number of carbonyl (C=O) groups excluding carboxylic acids is 1. The molecule has 1 rings (SSSR count). The van der Waals surface area contributed by atoms with E-state index in [9.17, 15) is 4.79 Å². The number of nitrogen functional groups attached to an aromatic ring is 1. The van der Waals surface area contributed by atoms with Crippen molar-refractivity contribution in [2.45, 2.75) is 26.8 Å².